The van der Waals surface area contributed by atoms with Crippen molar-refractivity contribution in [1.82, 2.24) is 16.0 Å². The van der Waals surface area contributed by atoms with Gasteiger partial charge in [-0.05, 0) is 30.2 Å². The zero-order valence-electron chi connectivity index (χ0n) is 15.8. The SMILES string of the molecule is CC(C)C(NC(=O)c1cccs1)C(=O)NCCNC1CCCCCC1.Cl. The number of nitrogens with one attached hydrogen (secondary N) is 3. The maximum atomic E-state index is 12.4. The number of carbonyl (C=O) groups is 2. The van der Waals surface area contributed by atoms with Crippen molar-refractivity contribution in [3.05, 3.63) is 22.4 Å². The van der Waals surface area contributed by atoms with Crippen molar-refractivity contribution in [3.8, 4) is 0 Å². The normalized spacial score (nSPS) is 16.4. The Balaban J connectivity index is 0.00000338. The van der Waals surface area contributed by atoms with Crippen molar-refractivity contribution in [3.63, 3.8) is 0 Å². The molecule has 26 heavy (non-hydrogen) atoms. The van der Waals surface area contributed by atoms with Crippen LogP contribution < -0.4 is 16.0 Å². The first-order chi connectivity index (χ1) is 12.1. The van der Waals surface area contributed by atoms with Gasteiger partial charge in [-0.25, -0.2) is 0 Å². The van der Waals surface area contributed by atoms with Crippen LogP contribution in [0.5, 0.6) is 0 Å². The van der Waals surface area contributed by atoms with E-state index in [0.29, 0.717) is 17.5 Å². The lowest BCUT2D eigenvalue weighted by molar-refractivity contribution is -0.123. The van der Waals surface area contributed by atoms with Crippen LogP contribution in [0.15, 0.2) is 17.5 Å². The van der Waals surface area contributed by atoms with Crippen molar-refractivity contribution in [2.75, 3.05) is 13.1 Å². The van der Waals surface area contributed by atoms with Gasteiger partial charge < -0.3 is 16.0 Å². The molecule has 0 aliphatic heterocycles. The molecule has 0 bridgehead atoms. The van der Waals surface area contributed by atoms with Gasteiger partial charge in [0, 0.05) is 19.1 Å². The molecule has 0 radical (unpaired) electrons. The highest BCUT2D eigenvalue weighted by Crippen LogP contribution is 2.16. The lowest BCUT2D eigenvalue weighted by Gasteiger charge is -2.22. The third-order valence-corrected chi connectivity index (χ3v) is 5.56. The molecule has 1 aromatic heterocycles. The third-order valence-electron chi connectivity index (χ3n) is 4.69. The van der Waals surface area contributed by atoms with E-state index in [1.54, 1.807) is 6.07 Å². The fourth-order valence-electron chi connectivity index (χ4n) is 3.21. The lowest BCUT2D eigenvalue weighted by Crippen LogP contribution is -2.50. The molecule has 1 aromatic rings. The quantitative estimate of drug-likeness (QED) is 0.462. The molecule has 0 aromatic carbocycles. The minimum Gasteiger partial charge on any atom is -0.353 e. The Kier molecular flexibility index (Phi) is 10.9. The molecular weight excluding hydrogens is 370 g/mol. The van der Waals surface area contributed by atoms with Crippen LogP contribution in [0.25, 0.3) is 0 Å². The largest absolute Gasteiger partial charge is 0.353 e. The molecule has 1 atom stereocenters. The van der Waals surface area contributed by atoms with E-state index in [-0.39, 0.29) is 30.1 Å². The Labute approximate surface area is 167 Å². The molecule has 1 heterocycles. The van der Waals surface area contributed by atoms with Crippen molar-refractivity contribution < 1.29 is 9.59 Å². The van der Waals surface area contributed by atoms with Crippen molar-refractivity contribution in [2.45, 2.75) is 64.5 Å². The predicted octanol–water partition coefficient (Wildman–Crippen LogP) is 3.35. The molecule has 2 amide bonds. The van der Waals surface area contributed by atoms with E-state index in [1.165, 1.54) is 49.9 Å². The molecule has 148 valence electrons. The number of rotatable bonds is 8. The molecule has 7 heteroatoms. The zero-order valence-corrected chi connectivity index (χ0v) is 17.4. The van der Waals surface area contributed by atoms with Crippen LogP contribution in [0.2, 0.25) is 0 Å². The number of thiophene rings is 1. The molecule has 0 spiro atoms. The van der Waals surface area contributed by atoms with Crippen molar-refractivity contribution >= 4 is 35.6 Å². The van der Waals surface area contributed by atoms with Gasteiger partial charge in [-0.1, -0.05) is 45.6 Å². The first kappa shape index (κ1) is 22.9. The van der Waals surface area contributed by atoms with E-state index in [4.69, 9.17) is 0 Å². The highest BCUT2D eigenvalue weighted by molar-refractivity contribution is 7.12. The number of hydrogen-bond donors (Lipinski definition) is 3. The smallest absolute Gasteiger partial charge is 0.262 e. The van der Waals surface area contributed by atoms with Crippen LogP contribution in [-0.4, -0.2) is 37.0 Å². The molecule has 1 aliphatic carbocycles. The highest BCUT2D eigenvalue weighted by Gasteiger charge is 2.24. The van der Waals surface area contributed by atoms with Gasteiger partial charge in [0.25, 0.3) is 5.91 Å². The van der Waals surface area contributed by atoms with Gasteiger partial charge in [0.1, 0.15) is 6.04 Å². The van der Waals surface area contributed by atoms with E-state index in [0.717, 1.165) is 6.54 Å². The molecule has 1 fully saturated rings. The maximum Gasteiger partial charge on any atom is 0.262 e. The Morgan fingerprint density at radius 3 is 2.42 bits per heavy atom. The first-order valence-electron chi connectivity index (χ1n) is 9.43. The van der Waals surface area contributed by atoms with Gasteiger partial charge in [0.15, 0.2) is 0 Å². The molecule has 1 unspecified atom stereocenters. The molecule has 0 saturated heterocycles. The van der Waals surface area contributed by atoms with Gasteiger partial charge in [0.2, 0.25) is 5.91 Å². The summed E-state index contributed by atoms with van der Waals surface area (Å²) in [5.41, 5.74) is 0. The summed E-state index contributed by atoms with van der Waals surface area (Å²) in [6.07, 6.45) is 7.76. The summed E-state index contributed by atoms with van der Waals surface area (Å²) in [5.74, 6) is -0.248. The van der Waals surface area contributed by atoms with Gasteiger partial charge in [-0.15, -0.1) is 23.7 Å². The average molecular weight is 402 g/mol. The fraction of sp³-hybridized carbons (Fsp3) is 0.684. The Morgan fingerprint density at radius 2 is 1.85 bits per heavy atom. The Bertz CT molecular complexity index is 529. The van der Waals surface area contributed by atoms with Crippen LogP contribution >= 0.6 is 23.7 Å². The summed E-state index contributed by atoms with van der Waals surface area (Å²) >= 11 is 1.38. The summed E-state index contributed by atoms with van der Waals surface area (Å²) in [5, 5.41) is 11.2. The monoisotopic (exact) mass is 401 g/mol. The first-order valence-corrected chi connectivity index (χ1v) is 10.3. The fourth-order valence-corrected chi connectivity index (χ4v) is 3.84. The van der Waals surface area contributed by atoms with Crippen LogP contribution in [0.1, 0.15) is 62.0 Å². The van der Waals surface area contributed by atoms with Crippen molar-refractivity contribution in [2.24, 2.45) is 5.92 Å². The van der Waals surface area contributed by atoms with E-state index in [2.05, 4.69) is 16.0 Å². The summed E-state index contributed by atoms with van der Waals surface area (Å²) in [7, 11) is 0. The van der Waals surface area contributed by atoms with Gasteiger partial charge >= 0.3 is 0 Å². The number of halogens is 1. The third kappa shape index (κ3) is 7.64. The average Bonchev–Trinajstić information content (AvgIpc) is 3.00. The molecule has 3 N–H and O–H groups in total. The Hall–Kier alpha value is -1.11. The van der Waals surface area contributed by atoms with E-state index in [9.17, 15) is 9.59 Å². The molecule has 2 rings (SSSR count). The predicted molar refractivity (Wildman–Crippen MR) is 110 cm³/mol. The minimum absolute atomic E-state index is 0. The summed E-state index contributed by atoms with van der Waals surface area (Å²) in [6, 6.07) is 3.68. The summed E-state index contributed by atoms with van der Waals surface area (Å²) in [6.45, 7) is 5.26. The standard InChI is InChI=1S/C19H31N3O2S.ClH/c1-14(2)17(22-18(23)16-10-7-13-25-16)19(24)21-12-11-20-15-8-5-3-4-6-9-15;/h7,10,13-15,17,20H,3-6,8-9,11-12H2,1-2H3,(H,21,24)(H,22,23);1H. The second kappa shape index (κ2) is 12.3. The zero-order chi connectivity index (χ0) is 18.1. The van der Waals surface area contributed by atoms with Gasteiger partial charge in [0.05, 0.1) is 4.88 Å². The van der Waals surface area contributed by atoms with Crippen molar-refractivity contribution in [1.29, 1.82) is 0 Å². The number of amides is 2. The number of carbonyl (C=O) groups excluding carboxylic acids is 2. The highest BCUT2D eigenvalue weighted by atomic mass is 35.5. The summed E-state index contributed by atoms with van der Waals surface area (Å²) in [4.78, 5) is 25.3. The van der Waals surface area contributed by atoms with Gasteiger partial charge in [-0.2, -0.15) is 0 Å². The topological polar surface area (TPSA) is 70.2 Å². The second-order valence-electron chi connectivity index (χ2n) is 7.11. The Morgan fingerprint density at radius 1 is 1.15 bits per heavy atom. The molecular formula is C19H32ClN3O2S. The van der Waals surface area contributed by atoms with Crippen LogP contribution in [0.3, 0.4) is 0 Å². The van der Waals surface area contributed by atoms with Crippen LogP contribution in [0.4, 0.5) is 0 Å². The van der Waals surface area contributed by atoms with Crippen LogP contribution in [-0.2, 0) is 4.79 Å². The lowest BCUT2D eigenvalue weighted by atomic mass is 10.0. The maximum absolute atomic E-state index is 12.4. The van der Waals surface area contributed by atoms with Gasteiger partial charge in [-0.3, -0.25) is 9.59 Å². The number of hydrogen-bond acceptors (Lipinski definition) is 4. The summed E-state index contributed by atoms with van der Waals surface area (Å²) < 4.78 is 0. The second-order valence-corrected chi connectivity index (χ2v) is 8.05. The van der Waals surface area contributed by atoms with E-state index < -0.39 is 6.04 Å². The van der Waals surface area contributed by atoms with E-state index >= 15 is 0 Å². The molecule has 1 aliphatic rings. The van der Waals surface area contributed by atoms with Crippen LogP contribution in [0, 0.1) is 5.92 Å². The molecule has 5 nitrogen and oxygen atoms in total. The minimum atomic E-state index is -0.507. The van der Waals surface area contributed by atoms with E-state index in [1.807, 2.05) is 25.3 Å². The molecule has 1 saturated carbocycles.